The molecule has 0 aliphatic rings. The lowest BCUT2D eigenvalue weighted by Gasteiger charge is -2.19. The summed E-state index contributed by atoms with van der Waals surface area (Å²) in [5.41, 5.74) is 1.37. The maximum absolute atomic E-state index is 10.0. The van der Waals surface area contributed by atoms with Gasteiger partial charge in [0.25, 0.3) is 0 Å². The van der Waals surface area contributed by atoms with Crippen LogP contribution in [0.4, 0.5) is 0 Å². The highest BCUT2D eigenvalue weighted by atomic mass is 16.3. The molecule has 0 radical (unpaired) electrons. The summed E-state index contributed by atoms with van der Waals surface area (Å²) >= 11 is 0. The van der Waals surface area contributed by atoms with Gasteiger partial charge in [-0.25, -0.2) is 0 Å². The molecule has 1 heterocycles. The van der Waals surface area contributed by atoms with Crippen LogP contribution in [0.25, 0.3) is 10.8 Å². The normalized spacial score (nSPS) is 12.4. The molecule has 0 spiro atoms. The highest BCUT2D eigenvalue weighted by molar-refractivity contribution is 5.85. The summed E-state index contributed by atoms with van der Waals surface area (Å²) in [5, 5.41) is 12.3. The van der Waals surface area contributed by atoms with Crippen molar-refractivity contribution < 1.29 is 5.11 Å². The van der Waals surface area contributed by atoms with Gasteiger partial charge in [-0.15, -0.1) is 0 Å². The van der Waals surface area contributed by atoms with Gasteiger partial charge in [-0.1, -0.05) is 26.0 Å². The number of aromatic nitrogens is 1. The van der Waals surface area contributed by atoms with Gasteiger partial charge in [0.05, 0.1) is 5.60 Å². The number of rotatable bonds is 2. The predicted octanol–water partition coefficient (Wildman–Crippen LogP) is 3.59. The van der Waals surface area contributed by atoms with E-state index in [0.717, 1.165) is 10.9 Å². The fraction of sp³-hybridized carbons (Fsp3) is 0.400. The summed E-state index contributed by atoms with van der Waals surface area (Å²) in [4.78, 5) is 4.28. The second-order valence-electron chi connectivity index (χ2n) is 5.38. The summed E-state index contributed by atoms with van der Waals surface area (Å²) in [5.74, 6) is 0.458. The molecule has 0 aliphatic heterocycles. The molecular formula is C15H19NO. The van der Waals surface area contributed by atoms with Gasteiger partial charge < -0.3 is 5.11 Å². The molecule has 0 amide bonds. The Morgan fingerprint density at radius 2 is 1.88 bits per heavy atom. The summed E-state index contributed by atoms with van der Waals surface area (Å²) in [7, 11) is 0. The quantitative estimate of drug-likeness (QED) is 0.853. The van der Waals surface area contributed by atoms with Crippen LogP contribution >= 0.6 is 0 Å². The Kier molecular flexibility index (Phi) is 2.92. The third-order valence-corrected chi connectivity index (χ3v) is 3.12. The van der Waals surface area contributed by atoms with E-state index in [4.69, 9.17) is 0 Å². The fourth-order valence-corrected chi connectivity index (χ4v) is 2.04. The van der Waals surface area contributed by atoms with E-state index < -0.39 is 5.60 Å². The Morgan fingerprint density at radius 3 is 2.47 bits per heavy atom. The molecule has 2 nitrogen and oxygen atoms in total. The van der Waals surface area contributed by atoms with Crippen LogP contribution in [-0.4, -0.2) is 10.1 Å². The molecule has 0 bridgehead atoms. The lowest BCUT2D eigenvalue weighted by Crippen LogP contribution is -2.15. The summed E-state index contributed by atoms with van der Waals surface area (Å²) in [6.45, 7) is 7.93. The van der Waals surface area contributed by atoms with E-state index in [1.54, 1.807) is 13.8 Å². The van der Waals surface area contributed by atoms with Gasteiger partial charge in [0.2, 0.25) is 0 Å². The van der Waals surface area contributed by atoms with Gasteiger partial charge in [-0.05, 0) is 42.3 Å². The number of aliphatic hydroxyl groups is 1. The Labute approximate surface area is 102 Å². The molecule has 2 aromatic rings. The molecule has 90 valence electrons. The van der Waals surface area contributed by atoms with Crippen LogP contribution in [0.2, 0.25) is 0 Å². The van der Waals surface area contributed by atoms with Crippen LogP contribution in [-0.2, 0) is 5.60 Å². The smallest absolute Gasteiger partial charge is 0.0840 e. The zero-order valence-electron chi connectivity index (χ0n) is 10.9. The van der Waals surface area contributed by atoms with Crippen molar-refractivity contribution in [3.63, 3.8) is 0 Å². The fourth-order valence-electron chi connectivity index (χ4n) is 2.04. The highest BCUT2D eigenvalue weighted by Crippen LogP contribution is 2.28. The first kappa shape index (κ1) is 12.1. The summed E-state index contributed by atoms with van der Waals surface area (Å²) in [6, 6.07) is 6.10. The van der Waals surface area contributed by atoms with E-state index >= 15 is 0 Å². The van der Waals surface area contributed by atoms with Gasteiger partial charge in [-0.3, -0.25) is 4.98 Å². The van der Waals surface area contributed by atoms with Crippen molar-refractivity contribution in [3.8, 4) is 0 Å². The summed E-state index contributed by atoms with van der Waals surface area (Å²) in [6.07, 6.45) is 3.78. The second kappa shape index (κ2) is 4.11. The van der Waals surface area contributed by atoms with Crippen molar-refractivity contribution >= 4 is 10.8 Å². The molecule has 2 rings (SSSR count). The minimum Gasteiger partial charge on any atom is -0.386 e. The van der Waals surface area contributed by atoms with Crippen molar-refractivity contribution in [2.75, 3.05) is 0 Å². The molecule has 0 fully saturated rings. The Hall–Kier alpha value is -1.41. The van der Waals surface area contributed by atoms with Crippen LogP contribution in [0.3, 0.4) is 0 Å². The largest absolute Gasteiger partial charge is 0.386 e. The Morgan fingerprint density at radius 1 is 1.18 bits per heavy atom. The second-order valence-corrected chi connectivity index (χ2v) is 5.38. The number of fused-ring (bicyclic) bond motifs is 1. The average molecular weight is 229 g/mol. The number of pyridine rings is 1. The first-order valence-corrected chi connectivity index (χ1v) is 6.00. The zero-order chi connectivity index (χ0) is 12.6. The molecule has 1 aromatic heterocycles. The van der Waals surface area contributed by atoms with Crippen molar-refractivity contribution in [1.82, 2.24) is 4.98 Å². The molecule has 0 unspecified atom stereocenters. The van der Waals surface area contributed by atoms with E-state index in [9.17, 15) is 5.11 Å². The summed E-state index contributed by atoms with van der Waals surface area (Å²) < 4.78 is 0. The monoisotopic (exact) mass is 229 g/mol. The molecule has 1 aromatic carbocycles. The van der Waals surface area contributed by atoms with E-state index in [1.807, 2.05) is 24.5 Å². The van der Waals surface area contributed by atoms with Crippen molar-refractivity contribution in [2.45, 2.75) is 39.2 Å². The van der Waals surface area contributed by atoms with Crippen LogP contribution in [0.15, 0.2) is 30.6 Å². The van der Waals surface area contributed by atoms with Crippen molar-refractivity contribution in [3.05, 3.63) is 41.7 Å². The minimum absolute atomic E-state index is 0.458. The molecule has 0 saturated carbocycles. The maximum atomic E-state index is 10.0. The van der Waals surface area contributed by atoms with Crippen LogP contribution in [0.5, 0.6) is 0 Å². The SMILES string of the molecule is CC(C)c1cncc2cc(C(C)(C)O)ccc12. The predicted molar refractivity (Wildman–Crippen MR) is 71.1 cm³/mol. The highest BCUT2D eigenvalue weighted by Gasteiger charge is 2.16. The van der Waals surface area contributed by atoms with Crippen LogP contribution in [0, 0.1) is 0 Å². The zero-order valence-corrected chi connectivity index (χ0v) is 10.9. The third-order valence-electron chi connectivity index (χ3n) is 3.12. The van der Waals surface area contributed by atoms with Crippen molar-refractivity contribution in [2.24, 2.45) is 0 Å². The Bertz CT molecular complexity index is 538. The molecule has 0 atom stereocenters. The van der Waals surface area contributed by atoms with Gasteiger partial charge in [0.15, 0.2) is 0 Å². The van der Waals surface area contributed by atoms with E-state index in [0.29, 0.717) is 5.92 Å². The Balaban J connectivity index is 2.65. The maximum Gasteiger partial charge on any atom is 0.0840 e. The van der Waals surface area contributed by atoms with Crippen LogP contribution in [0.1, 0.15) is 44.7 Å². The molecule has 0 aliphatic carbocycles. The molecular weight excluding hydrogens is 210 g/mol. The van der Waals surface area contributed by atoms with Gasteiger partial charge in [-0.2, -0.15) is 0 Å². The average Bonchev–Trinajstić information content (AvgIpc) is 2.26. The number of hydrogen-bond acceptors (Lipinski definition) is 2. The van der Waals surface area contributed by atoms with Gasteiger partial charge in [0.1, 0.15) is 0 Å². The topological polar surface area (TPSA) is 33.1 Å². The molecule has 2 heteroatoms. The van der Waals surface area contributed by atoms with E-state index in [1.165, 1.54) is 10.9 Å². The standard InChI is InChI=1S/C15H19NO/c1-10(2)14-9-16-8-11-7-12(15(3,4)17)5-6-13(11)14/h5-10,17H,1-4H3. The number of benzene rings is 1. The molecule has 17 heavy (non-hydrogen) atoms. The van der Waals surface area contributed by atoms with Gasteiger partial charge in [0, 0.05) is 17.8 Å². The first-order valence-electron chi connectivity index (χ1n) is 6.00. The third kappa shape index (κ3) is 2.32. The first-order chi connectivity index (χ1) is 7.89. The van der Waals surface area contributed by atoms with E-state index in [-0.39, 0.29) is 0 Å². The van der Waals surface area contributed by atoms with Crippen LogP contribution < -0.4 is 0 Å². The number of nitrogens with zero attached hydrogens (tertiary/aromatic N) is 1. The lowest BCUT2D eigenvalue weighted by molar-refractivity contribution is 0.0787. The van der Waals surface area contributed by atoms with Crippen molar-refractivity contribution in [1.29, 1.82) is 0 Å². The molecule has 1 N–H and O–H groups in total. The minimum atomic E-state index is -0.804. The van der Waals surface area contributed by atoms with E-state index in [2.05, 4.69) is 24.9 Å². The lowest BCUT2D eigenvalue weighted by atomic mass is 9.93. The number of hydrogen-bond donors (Lipinski definition) is 1. The molecule has 0 saturated heterocycles. The van der Waals surface area contributed by atoms with Gasteiger partial charge >= 0.3 is 0 Å².